The molecule has 2 amide bonds. The SMILES string of the molecule is CCCNC(=O)Cn1nnc(C(N)=O)c1C. The van der Waals surface area contributed by atoms with Crippen molar-refractivity contribution in [2.45, 2.75) is 26.8 Å². The molecule has 0 aromatic carbocycles. The second kappa shape index (κ2) is 5.24. The Hall–Kier alpha value is -1.92. The minimum atomic E-state index is -0.641. The molecule has 0 fully saturated rings. The minimum Gasteiger partial charge on any atom is -0.364 e. The van der Waals surface area contributed by atoms with E-state index in [0.717, 1.165) is 6.42 Å². The van der Waals surface area contributed by atoms with Crippen LogP contribution in [0.2, 0.25) is 0 Å². The van der Waals surface area contributed by atoms with E-state index < -0.39 is 5.91 Å². The van der Waals surface area contributed by atoms with E-state index in [0.29, 0.717) is 12.2 Å². The lowest BCUT2D eigenvalue weighted by atomic mass is 10.3. The Morgan fingerprint density at radius 2 is 2.19 bits per heavy atom. The Morgan fingerprint density at radius 1 is 1.50 bits per heavy atom. The van der Waals surface area contributed by atoms with Crippen LogP contribution in [0.5, 0.6) is 0 Å². The first-order chi connectivity index (χ1) is 7.56. The number of amides is 2. The summed E-state index contributed by atoms with van der Waals surface area (Å²) >= 11 is 0. The third kappa shape index (κ3) is 2.78. The third-order valence-corrected chi connectivity index (χ3v) is 2.08. The van der Waals surface area contributed by atoms with Crippen LogP contribution in [-0.4, -0.2) is 33.4 Å². The van der Waals surface area contributed by atoms with Crippen molar-refractivity contribution in [2.24, 2.45) is 5.73 Å². The van der Waals surface area contributed by atoms with Crippen molar-refractivity contribution in [3.05, 3.63) is 11.4 Å². The Morgan fingerprint density at radius 3 is 2.69 bits per heavy atom. The fourth-order valence-corrected chi connectivity index (χ4v) is 1.19. The Balaban J connectivity index is 2.68. The van der Waals surface area contributed by atoms with Crippen molar-refractivity contribution in [3.8, 4) is 0 Å². The summed E-state index contributed by atoms with van der Waals surface area (Å²) in [5.74, 6) is -0.802. The highest BCUT2D eigenvalue weighted by Crippen LogP contribution is 2.01. The maximum absolute atomic E-state index is 11.4. The van der Waals surface area contributed by atoms with E-state index in [1.807, 2.05) is 6.92 Å². The fraction of sp³-hybridized carbons (Fsp3) is 0.556. The molecule has 88 valence electrons. The Kier molecular flexibility index (Phi) is 3.98. The van der Waals surface area contributed by atoms with Gasteiger partial charge >= 0.3 is 0 Å². The van der Waals surface area contributed by atoms with Crippen molar-refractivity contribution in [1.82, 2.24) is 20.3 Å². The van der Waals surface area contributed by atoms with Crippen LogP contribution in [0.15, 0.2) is 0 Å². The van der Waals surface area contributed by atoms with Gasteiger partial charge in [0.2, 0.25) is 5.91 Å². The van der Waals surface area contributed by atoms with Crippen molar-refractivity contribution >= 4 is 11.8 Å². The number of nitrogens with two attached hydrogens (primary N) is 1. The predicted molar refractivity (Wildman–Crippen MR) is 56.6 cm³/mol. The van der Waals surface area contributed by atoms with Crippen molar-refractivity contribution < 1.29 is 9.59 Å². The quantitative estimate of drug-likeness (QED) is 0.685. The number of nitrogens with zero attached hydrogens (tertiary/aromatic N) is 3. The van der Waals surface area contributed by atoms with Crippen molar-refractivity contribution in [1.29, 1.82) is 0 Å². The molecule has 0 aliphatic rings. The second-order valence-corrected chi connectivity index (χ2v) is 3.40. The molecule has 3 N–H and O–H groups in total. The molecule has 1 aromatic heterocycles. The number of nitrogens with one attached hydrogen (secondary N) is 1. The molecule has 0 bridgehead atoms. The van der Waals surface area contributed by atoms with E-state index in [1.165, 1.54) is 4.68 Å². The molecule has 0 aliphatic heterocycles. The zero-order chi connectivity index (χ0) is 12.1. The predicted octanol–water partition coefficient (Wildman–Crippen LogP) is -0.788. The van der Waals surface area contributed by atoms with Gasteiger partial charge in [0.1, 0.15) is 6.54 Å². The summed E-state index contributed by atoms with van der Waals surface area (Å²) in [5.41, 5.74) is 5.68. The van der Waals surface area contributed by atoms with E-state index in [1.54, 1.807) is 6.92 Å². The molecule has 0 unspecified atom stereocenters. The molecular weight excluding hydrogens is 210 g/mol. The standard InChI is InChI=1S/C9H15N5O2/c1-3-4-11-7(15)5-14-6(2)8(9(10)16)12-13-14/h3-5H2,1-2H3,(H2,10,16)(H,11,15). The summed E-state index contributed by atoms with van der Waals surface area (Å²) in [6, 6.07) is 0. The average Bonchev–Trinajstić information content (AvgIpc) is 2.57. The van der Waals surface area contributed by atoms with E-state index >= 15 is 0 Å². The number of hydrogen-bond donors (Lipinski definition) is 2. The first-order valence-electron chi connectivity index (χ1n) is 5.02. The van der Waals surface area contributed by atoms with E-state index in [9.17, 15) is 9.59 Å². The molecule has 0 spiro atoms. The average molecular weight is 225 g/mol. The lowest BCUT2D eigenvalue weighted by molar-refractivity contribution is -0.121. The fourth-order valence-electron chi connectivity index (χ4n) is 1.19. The van der Waals surface area contributed by atoms with Crippen LogP contribution >= 0.6 is 0 Å². The smallest absolute Gasteiger partial charge is 0.271 e. The topological polar surface area (TPSA) is 103 Å². The van der Waals surface area contributed by atoms with Gasteiger partial charge in [-0.3, -0.25) is 9.59 Å². The van der Waals surface area contributed by atoms with Gasteiger partial charge < -0.3 is 11.1 Å². The summed E-state index contributed by atoms with van der Waals surface area (Å²) in [5, 5.41) is 10.00. The lowest BCUT2D eigenvalue weighted by Crippen LogP contribution is -2.29. The number of carbonyl (C=O) groups excluding carboxylic acids is 2. The van der Waals surface area contributed by atoms with Gasteiger partial charge in [0.15, 0.2) is 5.69 Å². The number of primary amides is 1. The zero-order valence-corrected chi connectivity index (χ0v) is 9.36. The molecule has 0 aliphatic carbocycles. The molecule has 0 saturated carbocycles. The van der Waals surface area contributed by atoms with Gasteiger partial charge in [-0.05, 0) is 13.3 Å². The maximum Gasteiger partial charge on any atom is 0.271 e. The molecule has 0 radical (unpaired) electrons. The molecule has 1 heterocycles. The minimum absolute atomic E-state index is 0.0477. The van der Waals surface area contributed by atoms with Gasteiger partial charge in [-0.2, -0.15) is 0 Å². The summed E-state index contributed by atoms with van der Waals surface area (Å²) in [6.07, 6.45) is 0.870. The molecule has 7 heteroatoms. The number of carbonyl (C=O) groups is 2. The van der Waals surface area contributed by atoms with Crippen LogP contribution in [-0.2, 0) is 11.3 Å². The number of hydrogen-bond acceptors (Lipinski definition) is 4. The second-order valence-electron chi connectivity index (χ2n) is 3.40. The van der Waals surface area contributed by atoms with Crippen LogP contribution in [0.4, 0.5) is 0 Å². The summed E-state index contributed by atoms with van der Waals surface area (Å²) in [7, 11) is 0. The van der Waals surface area contributed by atoms with Crippen LogP contribution in [0, 0.1) is 6.92 Å². The van der Waals surface area contributed by atoms with Gasteiger partial charge in [-0.1, -0.05) is 12.1 Å². The van der Waals surface area contributed by atoms with E-state index in [2.05, 4.69) is 15.6 Å². The van der Waals surface area contributed by atoms with Crippen LogP contribution in [0.3, 0.4) is 0 Å². The number of rotatable bonds is 5. The van der Waals surface area contributed by atoms with Crippen LogP contribution in [0.25, 0.3) is 0 Å². The monoisotopic (exact) mass is 225 g/mol. The molecule has 7 nitrogen and oxygen atoms in total. The molecule has 0 saturated heterocycles. The molecular formula is C9H15N5O2. The zero-order valence-electron chi connectivity index (χ0n) is 9.36. The summed E-state index contributed by atoms with van der Waals surface area (Å²) < 4.78 is 1.35. The number of aromatic nitrogens is 3. The first kappa shape index (κ1) is 12.2. The highest BCUT2D eigenvalue weighted by atomic mass is 16.2. The highest BCUT2D eigenvalue weighted by Gasteiger charge is 2.14. The molecule has 0 atom stereocenters. The Bertz CT molecular complexity index is 399. The Labute approximate surface area is 93.0 Å². The van der Waals surface area contributed by atoms with Gasteiger partial charge in [0.25, 0.3) is 5.91 Å². The van der Waals surface area contributed by atoms with Gasteiger partial charge in [-0.15, -0.1) is 5.10 Å². The van der Waals surface area contributed by atoms with Crippen LogP contribution < -0.4 is 11.1 Å². The van der Waals surface area contributed by atoms with E-state index in [4.69, 9.17) is 5.73 Å². The summed E-state index contributed by atoms with van der Waals surface area (Å²) in [4.78, 5) is 22.3. The van der Waals surface area contributed by atoms with E-state index in [-0.39, 0.29) is 18.1 Å². The third-order valence-electron chi connectivity index (χ3n) is 2.08. The van der Waals surface area contributed by atoms with Crippen molar-refractivity contribution in [3.63, 3.8) is 0 Å². The molecule has 1 rings (SSSR count). The van der Waals surface area contributed by atoms with Gasteiger partial charge in [0, 0.05) is 6.54 Å². The first-order valence-corrected chi connectivity index (χ1v) is 5.02. The maximum atomic E-state index is 11.4. The highest BCUT2D eigenvalue weighted by molar-refractivity contribution is 5.91. The van der Waals surface area contributed by atoms with Crippen LogP contribution in [0.1, 0.15) is 29.5 Å². The molecule has 16 heavy (non-hydrogen) atoms. The molecule has 1 aromatic rings. The normalized spacial score (nSPS) is 10.1. The largest absolute Gasteiger partial charge is 0.364 e. The van der Waals surface area contributed by atoms with Gasteiger partial charge in [0.05, 0.1) is 5.69 Å². The van der Waals surface area contributed by atoms with Gasteiger partial charge in [-0.25, -0.2) is 4.68 Å². The summed E-state index contributed by atoms with van der Waals surface area (Å²) in [6.45, 7) is 4.28. The lowest BCUT2D eigenvalue weighted by Gasteiger charge is -2.04. The van der Waals surface area contributed by atoms with Crippen molar-refractivity contribution in [2.75, 3.05) is 6.54 Å².